The van der Waals surface area contributed by atoms with E-state index in [0.29, 0.717) is 22.7 Å². The first kappa shape index (κ1) is 17.2. The third-order valence-corrected chi connectivity index (χ3v) is 5.03. The van der Waals surface area contributed by atoms with Gasteiger partial charge in [-0.1, -0.05) is 36.4 Å². The van der Waals surface area contributed by atoms with E-state index in [2.05, 4.69) is 19.9 Å². The molecular weight excluding hydrogens is 369 g/mol. The molecular formula is C22H16FN5O. The van der Waals surface area contributed by atoms with Crippen LogP contribution in [0, 0.1) is 5.82 Å². The molecule has 3 heterocycles. The number of para-hydroxylation sites is 1. The number of H-pyrrole nitrogens is 1. The molecule has 0 saturated carbocycles. The summed E-state index contributed by atoms with van der Waals surface area (Å²) < 4.78 is 14.8. The number of rotatable bonds is 3. The minimum Gasteiger partial charge on any atom is -0.289 e. The van der Waals surface area contributed by atoms with Crippen molar-refractivity contribution in [2.24, 2.45) is 0 Å². The van der Waals surface area contributed by atoms with Crippen molar-refractivity contribution in [3.63, 3.8) is 0 Å². The first-order valence-corrected chi connectivity index (χ1v) is 9.19. The largest absolute Gasteiger partial charge is 0.329 e. The molecule has 7 heteroatoms. The molecule has 0 fully saturated rings. The zero-order valence-electron chi connectivity index (χ0n) is 15.5. The number of nitrogens with zero attached hydrogens (tertiary/aromatic N) is 4. The van der Waals surface area contributed by atoms with Crippen molar-refractivity contribution in [3.05, 3.63) is 88.7 Å². The molecule has 142 valence electrons. The van der Waals surface area contributed by atoms with Gasteiger partial charge in [-0.05, 0) is 36.8 Å². The predicted molar refractivity (Wildman–Crippen MR) is 109 cm³/mol. The zero-order chi connectivity index (χ0) is 20.0. The van der Waals surface area contributed by atoms with Crippen molar-refractivity contribution in [1.29, 1.82) is 0 Å². The summed E-state index contributed by atoms with van der Waals surface area (Å²) in [5, 5.41) is 1.04. The number of benzene rings is 2. The number of fused-ring (bicyclic) bond motifs is 2. The van der Waals surface area contributed by atoms with Gasteiger partial charge in [0.25, 0.3) is 0 Å². The third kappa shape index (κ3) is 2.97. The van der Waals surface area contributed by atoms with E-state index in [1.54, 1.807) is 18.3 Å². The van der Waals surface area contributed by atoms with Crippen molar-refractivity contribution < 1.29 is 4.39 Å². The fourth-order valence-electron chi connectivity index (χ4n) is 3.47. The average molecular weight is 385 g/mol. The summed E-state index contributed by atoms with van der Waals surface area (Å²) >= 11 is 0. The zero-order valence-corrected chi connectivity index (χ0v) is 15.5. The van der Waals surface area contributed by atoms with E-state index in [1.807, 2.05) is 43.3 Å². The van der Waals surface area contributed by atoms with Crippen LogP contribution in [-0.4, -0.2) is 24.5 Å². The standard InChI is InChI=1S/C22H16FN5O/c1-13(14-6-9-16(23)10-7-14)28-21-20(27-22(28)29)24-12-19(26-21)18-11-8-15-4-2-3-5-17(15)25-18/h2-13H,1H3,(H,24,27,29). The lowest BCUT2D eigenvalue weighted by Crippen LogP contribution is -2.21. The minimum atomic E-state index is -0.342. The first-order chi connectivity index (χ1) is 14.1. The summed E-state index contributed by atoms with van der Waals surface area (Å²) in [7, 11) is 0. The van der Waals surface area contributed by atoms with E-state index < -0.39 is 0 Å². The van der Waals surface area contributed by atoms with Gasteiger partial charge in [0.2, 0.25) is 0 Å². The highest BCUT2D eigenvalue weighted by Gasteiger charge is 2.18. The molecule has 1 unspecified atom stereocenters. The Morgan fingerprint density at radius 1 is 0.966 bits per heavy atom. The van der Waals surface area contributed by atoms with Crippen LogP contribution in [0.4, 0.5) is 4.39 Å². The van der Waals surface area contributed by atoms with E-state index in [0.717, 1.165) is 16.5 Å². The summed E-state index contributed by atoms with van der Waals surface area (Å²) in [4.78, 5) is 29.0. The van der Waals surface area contributed by atoms with Crippen LogP contribution in [0.1, 0.15) is 18.5 Å². The predicted octanol–water partition coefficient (Wildman–Crippen LogP) is 4.08. The number of aromatic amines is 1. The van der Waals surface area contributed by atoms with Gasteiger partial charge < -0.3 is 0 Å². The molecule has 2 aromatic carbocycles. The van der Waals surface area contributed by atoms with Crippen molar-refractivity contribution in [2.75, 3.05) is 0 Å². The van der Waals surface area contributed by atoms with Crippen molar-refractivity contribution in [3.8, 4) is 11.4 Å². The maximum absolute atomic E-state index is 13.3. The Labute approximate surface area is 164 Å². The van der Waals surface area contributed by atoms with Gasteiger partial charge in [0.1, 0.15) is 11.5 Å². The Morgan fingerprint density at radius 2 is 1.76 bits per heavy atom. The topological polar surface area (TPSA) is 76.5 Å². The molecule has 0 aliphatic rings. The lowest BCUT2D eigenvalue weighted by atomic mass is 10.1. The first-order valence-electron chi connectivity index (χ1n) is 9.19. The smallest absolute Gasteiger partial charge is 0.289 e. The van der Waals surface area contributed by atoms with E-state index in [1.165, 1.54) is 16.7 Å². The Hall–Kier alpha value is -3.87. The molecule has 0 radical (unpaired) electrons. The average Bonchev–Trinajstić information content (AvgIpc) is 3.08. The SMILES string of the molecule is CC(c1ccc(F)cc1)n1c(=O)[nH]c2ncc(-c3ccc4ccccc4n3)nc21. The monoisotopic (exact) mass is 385 g/mol. The van der Waals surface area contributed by atoms with Gasteiger partial charge in [0, 0.05) is 5.39 Å². The van der Waals surface area contributed by atoms with E-state index in [4.69, 9.17) is 0 Å². The molecule has 6 nitrogen and oxygen atoms in total. The molecule has 5 aromatic rings. The number of halogens is 1. The summed E-state index contributed by atoms with van der Waals surface area (Å²) in [6.07, 6.45) is 1.60. The van der Waals surface area contributed by atoms with Crippen molar-refractivity contribution in [2.45, 2.75) is 13.0 Å². The summed E-state index contributed by atoms with van der Waals surface area (Å²) in [5.74, 6) is -0.323. The molecule has 0 amide bonds. The van der Waals surface area contributed by atoms with Crippen LogP contribution in [-0.2, 0) is 0 Å². The van der Waals surface area contributed by atoms with Gasteiger partial charge in [0.05, 0.1) is 23.4 Å². The summed E-state index contributed by atoms with van der Waals surface area (Å²) in [5.41, 5.74) is 3.41. The van der Waals surface area contributed by atoms with E-state index >= 15 is 0 Å². The fraction of sp³-hybridized carbons (Fsp3) is 0.0909. The Bertz CT molecular complexity index is 1400. The molecule has 0 aliphatic carbocycles. The normalized spacial score (nSPS) is 12.5. The highest BCUT2D eigenvalue weighted by Crippen LogP contribution is 2.23. The lowest BCUT2D eigenvalue weighted by Gasteiger charge is -2.13. The van der Waals surface area contributed by atoms with Crippen molar-refractivity contribution >= 4 is 22.2 Å². The highest BCUT2D eigenvalue weighted by molar-refractivity contribution is 5.81. The van der Waals surface area contributed by atoms with Gasteiger partial charge in [0.15, 0.2) is 11.3 Å². The highest BCUT2D eigenvalue weighted by atomic mass is 19.1. The number of hydrogen-bond donors (Lipinski definition) is 1. The molecule has 0 bridgehead atoms. The Balaban J connectivity index is 1.65. The Kier molecular flexibility index (Phi) is 3.94. The van der Waals surface area contributed by atoms with Crippen LogP contribution in [0.25, 0.3) is 33.6 Å². The van der Waals surface area contributed by atoms with Gasteiger partial charge >= 0.3 is 5.69 Å². The summed E-state index contributed by atoms with van der Waals surface area (Å²) in [6, 6.07) is 17.4. The molecule has 0 spiro atoms. The molecule has 1 atom stereocenters. The summed E-state index contributed by atoms with van der Waals surface area (Å²) in [6.45, 7) is 1.87. The molecule has 0 aliphatic heterocycles. The van der Waals surface area contributed by atoms with Gasteiger partial charge in [-0.15, -0.1) is 0 Å². The van der Waals surface area contributed by atoms with Crippen LogP contribution >= 0.6 is 0 Å². The number of imidazole rings is 1. The fourth-order valence-corrected chi connectivity index (χ4v) is 3.47. The lowest BCUT2D eigenvalue weighted by molar-refractivity contribution is 0.612. The number of aromatic nitrogens is 5. The molecule has 0 saturated heterocycles. The van der Waals surface area contributed by atoms with Gasteiger partial charge in [-0.25, -0.2) is 24.1 Å². The second kappa shape index (κ2) is 6.63. The van der Waals surface area contributed by atoms with E-state index in [9.17, 15) is 9.18 Å². The quantitative estimate of drug-likeness (QED) is 0.508. The van der Waals surface area contributed by atoms with Crippen molar-refractivity contribution in [1.82, 2.24) is 24.5 Å². The van der Waals surface area contributed by atoms with Crippen LogP contribution in [0.5, 0.6) is 0 Å². The van der Waals surface area contributed by atoms with E-state index in [-0.39, 0.29) is 17.5 Å². The number of pyridine rings is 1. The number of nitrogens with one attached hydrogen (secondary N) is 1. The van der Waals surface area contributed by atoms with Gasteiger partial charge in [-0.2, -0.15) is 0 Å². The molecule has 3 aromatic heterocycles. The Morgan fingerprint density at radius 3 is 2.59 bits per heavy atom. The van der Waals surface area contributed by atoms with Gasteiger partial charge in [-0.3, -0.25) is 9.55 Å². The molecule has 5 rings (SSSR count). The van der Waals surface area contributed by atoms with Crippen LogP contribution < -0.4 is 5.69 Å². The van der Waals surface area contributed by atoms with Crippen LogP contribution in [0.3, 0.4) is 0 Å². The van der Waals surface area contributed by atoms with Crippen LogP contribution in [0.15, 0.2) is 71.7 Å². The molecule has 29 heavy (non-hydrogen) atoms. The maximum atomic E-state index is 13.3. The van der Waals surface area contributed by atoms with Crippen LogP contribution in [0.2, 0.25) is 0 Å². The third-order valence-electron chi connectivity index (χ3n) is 5.03. The number of hydrogen-bond acceptors (Lipinski definition) is 4. The molecule has 1 N–H and O–H groups in total. The minimum absolute atomic E-state index is 0.319. The second-order valence-corrected chi connectivity index (χ2v) is 6.84. The second-order valence-electron chi connectivity index (χ2n) is 6.84. The maximum Gasteiger partial charge on any atom is 0.329 e.